The summed E-state index contributed by atoms with van der Waals surface area (Å²) < 4.78 is 0. The standard InChI is InChI=1S/C18H19N3/c1-13-5-7-16-10-15(6-8-18(16)21-13)11-20-14(2)17-4-3-9-19-12-17/h3-10,12,14,20H,11H2,1-2H3/t14-/m1/s1. The van der Waals surface area contributed by atoms with E-state index in [0.717, 1.165) is 17.8 Å². The molecular weight excluding hydrogens is 258 g/mol. The molecule has 3 heteroatoms. The average molecular weight is 277 g/mol. The van der Waals surface area contributed by atoms with Gasteiger partial charge in [-0.2, -0.15) is 0 Å². The number of fused-ring (bicyclic) bond motifs is 1. The van der Waals surface area contributed by atoms with Crippen molar-refractivity contribution in [1.82, 2.24) is 15.3 Å². The second-order valence-electron chi connectivity index (χ2n) is 5.37. The van der Waals surface area contributed by atoms with Gasteiger partial charge in [0, 0.05) is 36.1 Å². The van der Waals surface area contributed by atoms with Crippen LogP contribution in [-0.2, 0) is 6.54 Å². The third-order valence-electron chi connectivity index (χ3n) is 3.69. The molecule has 2 heterocycles. The van der Waals surface area contributed by atoms with Gasteiger partial charge < -0.3 is 5.32 Å². The van der Waals surface area contributed by atoms with Crippen LogP contribution in [-0.4, -0.2) is 9.97 Å². The first-order chi connectivity index (χ1) is 10.2. The molecule has 106 valence electrons. The number of aromatic nitrogens is 2. The Kier molecular flexibility index (Phi) is 3.93. The van der Waals surface area contributed by atoms with E-state index in [1.807, 2.05) is 19.2 Å². The van der Waals surface area contributed by atoms with Crippen LogP contribution in [0.4, 0.5) is 0 Å². The predicted octanol–water partition coefficient (Wildman–Crippen LogP) is 3.79. The van der Waals surface area contributed by atoms with Gasteiger partial charge in [0.25, 0.3) is 0 Å². The highest BCUT2D eigenvalue weighted by Gasteiger charge is 2.05. The van der Waals surface area contributed by atoms with Gasteiger partial charge in [0.05, 0.1) is 5.52 Å². The first-order valence-corrected chi connectivity index (χ1v) is 7.22. The SMILES string of the molecule is Cc1ccc2cc(CN[C@H](C)c3cccnc3)ccc2n1. The van der Waals surface area contributed by atoms with Crippen LogP contribution < -0.4 is 5.32 Å². The maximum atomic E-state index is 4.53. The summed E-state index contributed by atoms with van der Waals surface area (Å²) in [6.07, 6.45) is 3.71. The quantitative estimate of drug-likeness (QED) is 0.788. The Morgan fingerprint density at radius 2 is 2.05 bits per heavy atom. The molecule has 0 aliphatic heterocycles. The minimum absolute atomic E-state index is 0.283. The number of benzene rings is 1. The molecular formula is C18H19N3. The van der Waals surface area contributed by atoms with Gasteiger partial charge in [-0.15, -0.1) is 0 Å². The highest BCUT2D eigenvalue weighted by atomic mass is 14.9. The van der Waals surface area contributed by atoms with Crippen molar-refractivity contribution >= 4 is 10.9 Å². The lowest BCUT2D eigenvalue weighted by molar-refractivity contribution is 0.573. The molecule has 0 fully saturated rings. The molecule has 1 atom stereocenters. The molecule has 1 N–H and O–H groups in total. The Balaban J connectivity index is 1.72. The third-order valence-corrected chi connectivity index (χ3v) is 3.69. The lowest BCUT2D eigenvalue weighted by atomic mass is 10.1. The number of rotatable bonds is 4. The fourth-order valence-corrected chi connectivity index (χ4v) is 2.41. The Morgan fingerprint density at radius 1 is 1.14 bits per heavy atom. The predicted molar refractivity (Wildman–Crippen MR) is 86.0 cm³/mol. The number of aryl methyl sites for hydroxylation is 1. The van der Waals surface area contributed by atoms with Crippen molar-refractivity contribution in [2.45, 2.75) is 26.4 Å². The number of pyridine rings is 2. The number of nitrogens with one attached hydrogen (secondary N) is 1. The molecule has 0 aliphatic carbocycles. The highest BCUT2D eigenvalue weighted by molar-refractivity contribution is 5.79. The summed E-state index contributed by atoms with van der Waals surface area (Å²) in [5.41, 5.74) is 4.58. The maximum Gasteiger partial charge on any atom is 0.0705 e. The van der Waals surface area contributed by atoms with Crippen LogP contribution in [0.15, 0.2) is 54.9 Å². The number of nitrogens with zero attached hydrogens (tertiary/aromatic N) is 2. The van der Waals surface area contributed by atoms with Crippen molar-refractivity contribution in [2.75, 3.05) is 0 Å². The first-order valence-electron chi connectivity index (χ1n) is 7.22. The molecule has 3 nitrogen and oxygen atoms in total. The summed E-state index contributed by atoms with van der Waals surface area (Å²) in [6.45, 7) is 5.01. The highest BCUT2D eigenvalue weighted by Crippen LogP contribution is 2.16. The summed E-state index contributed by atoms with van der Waals surface area (Å²) in [6, 6.07) is 15.0. The molecule has 0 unspecified atom stereocenters. The van der Waals surface area contributed by atoms with Crippen LogP contribution in [0.2, 0.25) is 0 Å². The molecule has 0 radical (unpaired) electrons. The van der Waals surface area contributed by atoms with Gasteiger partial charge in [-0.25, -0.2) is 0 Å². The molecule has 3 rings (SSSR count). The van der Waals surface area contributed by atoms with E-state index in [0.29, 0.717) is 0 Å². The van der Waals surface area contributed by atoms with Crippen LogP contribution in [0.1, 0.15) is 29.8 Å². The van der Waals surface area contributed by atoms with Crippen molar-refractivity contribution in [3.63, 3.8) is 0 Å². The smallest absolute Gasteiger partial charge is 0.0705 e. The summed E-state index contributed by atoms with van der Waals surface area (Å²) in [7, 11) is 0. The van der Waals surface area contributed by atoms with E-state index >= 15 is 0 Å². The lowest BCUT2D eigenvalue weighted by Gasteiger charge is -2.14. The lowest BCUT2D eigenvalue weighted by Crippen LogP contribution is -2.18. The van der Waals surface area contributed by atoms with Crippen LogP contribution in [0.5, 0.6) is 0 Å². The molecule has 3 aromatic rings. The van der Waals surface area contributed by atoms with Gasteiger partial charge in [0.15, 0.2) is 0 Å². The molecule has 0 aliphatic rings. The van der Waals surface area contributed by atoms with E-state index in [2.05, 4.69) is 58.6 Å². The van der Waals surface area contributed by atoms with E-state index in [9.17, 15) is 0 Å². The molecule has 2 aromatic heterocycles. The average Bonchev–Trinajstić information content (AvgIpc) is 2.53. The third kappa shape index (κ3) is 3.26. The molecule has 0 bridgehead atoms. The largest absolute Gasteiger partial charge is 0.306 e. The van der Waals surface area contributed by atoms with Gasteiger partial charge in [-0.05, 0) is 49.2 Å². The normalized spacial score (nSPS) is 12.5. The van der Waals surface area contributed by atoms with Crippen LogP contribution in [0.3, 0.4) is 0 Å². The fourth-order valence-electron chi connectivity index (χ4n) is 2.41. The van der Waals surface area contributed by atoms with Crippen LogP contribution in [0.25, 0.3) is 10.9 Å². The van der Waals surface area contributed by atoms with Crippen molar-refractivity contribution in [2.24, 2.45) is 0 Å². The zero-order valence-corrected chi connectivity index (χ0v) is 12.4. The van der Waals surface area contributed by atoms with Crippen molar-refractivity contribution < 1.29 is 0 Å². The minimum Gasteiger partial charge on any atom is -0.306 e. The topological polar surface area (TPSA) is 37.8 Å². The Bertz CT molecular complexity index is 738. The summed E-state index contributed by atoms with van der Waals surface area (Å²) in [4.78, 5) is 8.69. The molecule has 21 heavy (non-hydrogen) atoms. The summed E-state index contributed by atoms with van der Waals surface area (Å²) in [5, 5.41) is 4.72. The van der Waals surface area contributed by atoms with Crippen molar-refractivity contribution in [3.05, 3.63) is 71.7 Å². The van der Waals surface area contributed by atoms with Gasteiger partial charge in [0.2, 0.25) is 0 Å². The second kappa shape index (κ2) is 6.02. The molecule has 0 amide bonds. The summed E-state index contributed by atoms with van der Waals surface area (Å²) >= 11 is 0. The monoisotopic (exact) mass is 277 g/mol. The molecule has 0 saturated heterocycles. The van der Waals surface area contributed by atoms with E-state index in [1.165, 1.54) is 16.5 Å². The van der Waals surface area contributed by atoms with E-state index in [4.69, 9.17) is 0 Å². The van der Waals surface area contributed by atoms with Gasteiger partial charge in [-0.1, -0.05) is 18.2 Å². The van der Waals surface area contributed by atoms with Crippen LogP contribution in [0, 0.1) is 6.92 Å². The Morgan fingerprint density at radius 3 is 2.86 bits per heavy atom. The minimum atomic E-state index is 0.283. The summed E-state index contributed by atoms with van der Waals surface area (Å²) in [5.74, 6) is 0. The molecule has 0 spiro atoms. The van der Waals surface area contributed by atoms with E-state index in [1.54, 1.807) is 6.20 Å². The zero-order chi connectivity index (χ0) is 14.7. The van der Waals surface area contributed by atoms with Crippen LogP contribution >= 0.6 is 0 Å². The Hall–Kier alpha value is -2.26. The first kappa shape index (κ1) is 13.7. The van der Waals surface area contributed by atoms with Gasteiger partial charge >= 0.3 is 0 Å². The van der Waals surface area contributed by atoms with Crippen molar-refractivity contribution in [3.8, 4) is 0 Å². The second-order valence-corrected chi connectivity index (χ2v) is 5.37. The van der Waals surface area contributed by atoms with Gasteiger partial charge in [-0.3, -0.25) is 9.97 Å². The van der Waals surface area contributed by atoms with E-state index < -0.39 is 0 Å². The number of hydrogen-bond acceptors (Lipinski definition) is 3. The van der Waals surface area contributed by atoms with E-state index in [-0.39, 0.29) is 6.04 Å². The van der Waals surface area contributed by atoms with Gasteiger partial charge in [0.1, 0.15) is 0 Å². The maximum absolute atomic E-state index is 4.53. The Labute approximate surface area is 125 Å². The number of hydrogen-bond donors (Lipinski definition) is 1. The molecule has 1 aromatic carbocycles. The fraction of sp³-hybridized carbons (Fsp3) is 0.222. The van der Waals surface area contributed by atoms with Crippen molar-refractivity contribution in [1.29, 1.82) is 0 Å². The zero-order valence-electron chi connectivity index (χ0n) is 12.4. The molecule has 0 saturated carbocycles.